The zero-order valence-electron chi connectivity index (χ0n) is 10.6. The van der Waals surface area contributed by atoms with E-state index in [-0.39, 0.29) is 5.92 Å². The van der Waals surface area contributed by atoms with Gasteiger partial charge >= 0.3 is 0 Å². The van der Waals surface area contributed by atoms with Crippen LogP contribution in [0, 0.1) is 5.92 Å². The Labute approximate surface area is 103 Å². The minimum Gasteiger partial charge on any atom is -0.494 e. The lowest BCUT2D eigenvalue weighted by atomic mass is 9.77. The third-order valence-corrected chi connectivity index (χ3v) is 3.59. The molecule has 1 saturated heterocycles. The molecule has 0 spiro atoms. The van der Waals surface area contributed by atoms with Gasteiger partial charge in [0.1, 0.15) is 5.75 Å². The van der Waals surface area contributed by atoms with Gasteiger partial charge in [0.25, 0.3) is 0 Å². The first-order valence-electron chi connectivity index (χ1n) is 6.33. The van der Waals surface area contributed by atoms with Crippen molar-refractivity contribution in [3.05, 3.63) is 29.8 Å². The van der Waals surface area contributed by atoms with Gasteiger partial charge in [0.15, 0.2) is 0 Å². The van der Waals surface area contributed by atoms with Gasteiger partial charge in [0.05, 0.1) is 12.2 Å². The van der Waals surface area contributed by atoms with Gasteiger partial charge < -0.3 is 15.2 Å². The van der Waals surface area contributed by atoms with Gasteiger partial charge in [-0.3, -0.25) is 0 Å². The van der Waals surface area contributed by atoms with Crippen molar-refractivity contribution in [1.82, 2.24) is 5.32 Å². The van der Waals surface area contributed by atoms with Crippen LogP contribution in [0.5, 0.6) is 5.75 Å². The van der Waals surface area contributed by atoms with Crippen LogP contribution in [0.2, 0.25) is 0 Å². The van der Waals surface area contributed by atoms with Gasteiger partial charge in [-0.2, -0.15) is 0 Å². The Bertz CT molecular complexity index is 380. The topological polar surface area (TPSA) is 41.5 Å². The molecule has 1 aromatic carbocycles. The van der Waals surface area contributed by atoms with E-state index in [4.69, 9.17) is 4.74 Å². The number of hydrogen-bond acceptors (Lipinski definition) is 3. The molecule has 1 aromatic rings. The van der Waals surface area contributed by atoms with E-state index >= 15 is 0 Å². The molecule has 0 aromatic heterocycles. The lowest BCUT2D eigenvalue weighted by Crippen LogP contribution is -2.46. The Morgan fingerprint density at radius 2 is 2.35 bits per heavy atom. The van der Waals surface area contributed by atoms with Crippen molar-refractivity contribution in [3.8, 4) is 5.75 Å². The third-order valence-electron chi connectivity index (χ3n) is 3.59. The highest BCUT2D eigenvalue weighted by molar-refractivity contribution is 5.33. The summed E-state index contributed by atoms with van der Waals surface area (Å²) in [5.74, 6) is 1.05. The monoisotopic (exact) mass is 235 g/mol. The Morgan fingerprint density at radius 3 is 3.06 bits per heavy atom. The molecular weight excluding hydrogens is 214 g/mol. The zero-order valence-corrected chi connectivity index (χ0v) is 10.6. The molecule has 3 heteroatoms. The highest BCUT2D eigenvalue weighted by Crippen LogP contribution is 2.36. The van der Waals surface area contributed by atoms with Gasteiger partial charge in [0.2, 0.25) is 0 Å². The molecule has 1 heterocycles. The predicted octanol–water partition coefficient (Wildman–Crippen LogP) is 1.90. The summed E-state index contributed by atoms with van der Waals surface area (Å²) in [6.07, 6.45) is 0.754. The highest BCUT2D eigenvalue weighted by Gasteiger charge is 2.37. The van der Waals surface area contributed by atoms with Crippen molar-refractivity contribution in [1.29, 1.82) is 0 Å². The molecule has 2 unspecified atom stereocenters. The third kappa shape index (κ3) is 2.45. The largest absolute Gasteiger partial charge is 0.494 e. The number of nitrogens with one attached hydrogen (secondary N) is 1. The molecule has 94 valence electrons. The number of ether oxygens (including phenoxy) is 1. The highest BCUT2D eigenvalue weighted by atomic mass is 16.5. The van der Waals surface area contributed by atoms with Crippen LogP contribution in [0.15, 0.2) is 24.3 Å². The van der Waals surface area contributed by atoms with Crippen LogP contribution in [0.3, 0.4) is 0 Å². The number of aliphatic hydroxyl groups is 1. The summed E-state index contributed by atoms with van der Waals surface area (Å²) < 4.78 is 5.49. The lowest BCUT2D eigenvalue weighted by molar-refractivity contribution is -0.0393. The minimum absolute atomic E-state index is 0.216. The Kier molecular flexibility index (Phi) is 3.69. The van der Waals surface area contributed by atoms with Crippen LogP contribution in [0.1, 0.15) is 25.8 Å². The molecule has 0 amide bonds. The van der Waals surface area contributed by atoms with Gasteiger partial charge in [0, 0.05) is 12.5 Å². The zero-order chi connectivity index (χ0) is 12.3. The quantitative estimate of drug-likeness (QED) is 0.841. The number of benzene rings is 1. The number of hydrogen-bond donors (Lipinski definition) is 2. The molecule has 1 aliphatic heterocycles. The van der Waals surface area contributed by atoms with E-state index in [0.29, 0.717) is 6.61 Å². The molecule has 17 heavy (non-hydrogen) atoms. The second kappa shape index (κ2) is 5.07. The summed E-state index contributed by atoms with van der Waals surface area (Å²) in [5, 5.41) is 14.1. The van der Waals surface area contributed by atoms with Crippen molar-refractivity contribution < 1.29 is 9.84 Å². The van der Waals surface area contributed by atoms with Crippen molar-refractivity contribution in [2.24, 2.45) is 5.92 Å². The van der Waals surface area contributed by atoms with Gasteiger partial charge in [-0.05, 0) is 37.6 Å². The van der Waals surface area contributed by atoms with Crippen LogP contribution in [-0.2, 0) is 5.60 Å². The molecule has 2 N–H and O–H groups in total. The summed E-state index contributed by atoms with van der Waals surface area (Å²) >= 11 is 0. The standard InChI is InChI=1S/C14H21NO2/c1-3-17-13-6-4-5-12(9-13)14(16)7-8-15-10-11(14)2/h4-6,9,11,15-16H,3,7-8,10H2,1-2H3. The van der Waals surface area contributed by atoms with Crippen LogP contribution >= 0.6 is 0 Å². The van der Waals surface area contributed by atoms with E-state index < -0.39 is 5.60 Å². The first-order valence-corrected chi connectivity index (χ1v) is 6.33. The second-order valence-electron chi connectivity index (χ2n) is 4.74. The van der Waals surface area contributed by atoms with Gasteiger partial charge in [-0.1, -0.05) is 19.1 Å². The smallest absolute Gasteiger partial charge is 0.119 e. The second-order valence-corrected chi connectivity index (χ2v) is 4.74. The van der Waals surface area contributed by atoms with E-state index in [1.165, 1.54) is 0 Å². The van der Waals surface area contributed by atoms with Crippen LogP contribution in [0.25, 0.3) is 0 Å². The lowest BCUT2D eigenvalue weighted by Gasteiger charge is -2.39. The first kappa shape index (κ1) is 12.4. The molecule has 0 saturated carbocycles. The van der Waals surface area contributed by atoms with Crippen molar-refractivity contribution in [2.45, 2.75) is 25.9 Å². The molecule has 0 radical (unpaired) electrons. The van der Waals surface area contributed by atoms with Crippen LogP contribution in [-0.4, -0.2) is 24.8 Å². The average molecular weight is 235 g/mol. The molecule has 1 aliphatic rings. The van der Waals surface area contributed by atoms with E-state index in [2.05, 4.69) is 12.2 Å². The maximum atomic E-state index is 10.8. The summed E-state index contributed by atoms with van der Waals surface area (Å²) in [5.41, 5.74) is 0.246. The minimum atomic E-state index is -0.724. The maximum absolute atomic E-state index is 10.8. The first-order chi connectivity index (χ1) is 8.16. The summed E-state index contributed by atoms with van der Waals surface area (Å²) in [6.45, 7) is 6.42. The van der Waals surface area contributed by atoms with Crippen LogP contribution in [0.4, 0.5) is 0 Å². The summed E-state index contributed by atoms with van der Waals surface area (Å²) in [7, 11) is 0. The molecule has 0 bridgehead atoms. The van der Waals surface area contributed by atoms with E-state index in [0.717, 1.165) is 30.8 Å². The van der Waals surface area contributed by atoms with Gasteiger partial charge in [-0.25, -0.2) is 0 Å². The molecular formula is C14H21NO2. The van der Waals surface area contributed by atoms with E-state index in [1.807, 2.05) is 31.2 Å². The normalized spacial score (nSPS) is 29.0. The molecule has 3 nitrogen and oxygen atoms in total. The molecule has 2 rings (SSSR count). The van der Waals surface area contributed by atoms with E-state index in [9.17, 15) is 5.11 Å². The molecule has 1 fully saturated rings. The fourth-order valence-electron chi connectivity index (χ4n) is 2.46. The summed E-state index contributed by atoms with van der Waals surface area (Å²) in [6, 6.07) is 7.84. The van der Waals surface area contributed by atoms with E-state index in [1.54, 1.807) is 0 Å². The van der Waals surface area contributed by atoms with Gasteiger partial charge in [-0.15, -0.1) is 0 Å². The number of piperidine rings is 1. The van der Waals surface area contributed by atoms with Crippen molar-refractivity contribution >= 4 is 0 Å². The SMILES string of the molecule is CCOc1cccc(C2(O)CCNCC2C)c1. The van der Waals surface area contributed by atoms with Crippen molar-refractivity contribution in [2.75, 3.05) is 19.7 Å². The van der Waals surface area contributed by atoms with Crippen LogP contribution < -0.4 is 10.1 Å². The predicted molar refractivity (Wildman–Crippen MR) is 68.2 cm³/mol. The number of rotatable bonds is 3. The maximum Gasteiger partial charge on any atom is 0.119 e. The Balaban J connectivity index is 2.28. The molecule has 0 aliphatic carbocycles. The average Bonchev–Trinajstić information content (AvgIpc) is 2.34. The fraction of sp³-hybridized carbons (Fsp3) is 0.571. The Hall–Kier alpha value is -1.06. The Morgan fingerprint density at radius 1 is 1.53 bits per heavy atom. The summed E-state index contributed by atoms with van der Waals surface area (Å²) in [4.78, 5) is 0. The fourth-order valence-corrected chi connectivity index (χ4v) is 2.46. The van der Waals surface area contributed by atoms with Crippen molar-refractivity contribution in [3.63, 3.8) is 0 Å². The molecule has 2 atom stereocenters.